The maximum absolute atomic E-state index is 11.1. The summed E-state index contributed by atoms with van der Waals surface area (Å²) in [4.78, 5) is 32.4. The van der Waals surface area contributed by atoms with E-state index in [4.69, 9.17) is 15.6 Å². The lowest BCUT2D eigenvalue weighted by atomic mass is 10.1. The molecule has 0 radical (unpaired) electrons. The molecule has 17 heavy (non-hydrogen) atoms. The molecule has 4 N–H and O–H groups in total. The number of benzene rings is 1. The van der Waals surface area contributed by atoms with E-state index in [1.54, 1.807) is 0 Å². The molecule has 0 spiro atoms. The number of carboxylic acids is 1. The first-order chi connectivity index (χ1) is 7.95. The molecule has 0 unspecified atom stereocenters. The van der Waals surface area contributed by atoms with Gasteiger partial charge in [-0.1, -0.05) is 0 Å². The van der Waals surface area contributed by atoms with Crippen molar-refractivity contribution in [3.63, 3.8) is 0 Å². The smallest absolute Gasteiger partial charge is 0.394 e. The quantitative estimate of drug-likeness (QED) is 0.631. The number of ether oxygens (including phenoxy) is 1. The van der Waals surface area contributed by atoms with Crippen LogP contribution in [0.4, 0.5) is 5.69 Å². The summed E-state index contributed by atoms with van der Waals surface area (Å²) >= 11 is 0. The molecule has 0 fully saturated rings. The Bertz CT molecular complexity index is 484. The zero-order valence-electron chi connectivity index (χ0n) is 8.89. The molecular formula is C10H10N2O5. The molecule has 0 aromatic heterocycles. The van der Waals surface area contributed by atoms with Crippen LogP contribution in [0.1, 0.15) is 10.4 Å². The summed E-state index contributed by atoms with van der Waals surface area (Å²) in [5.74, 6) is -3.34. The van der Waals surface area contributed by atoms with Gasteiger partial charge in [0.2, 0.25) is 0 Å². The number of nitrogens with two attached hydrogens (primary N) is 1. The highest BCUT2D eigenvalue weighted by molar-refractivity contribution is 6.36. The third-order valence-electron chi connectivity index (χ3n) is 1.93. The van der Waals surface area contributed by atoms with Gasteiger partial charge in [0.05, 0.1) is 18.4 Å². The van der Waals surface area contributed by atoms with Crippen molar-refractivity contribution in [3.05, 3.63) is 23.8 Å². The number of methoxy groups -OCH3 is 1. The number of amides is 2. The summed E-state index contributed by atoms with van der Waals surface area (Å²) in [7, 11) is 1.40. The Hall–Kier alpha value is -2.57. The summed E-state index contributed by atoms with van der Waals surface area (Å²) in [6, 6.07) is 4.10. The summed E-state index contributed by atoms with van der Waals surface area (Å²) in [5.41, 5.74) is 5.09. The lowest BCUT2D eigenvalue weighted by molar-refractivity contribution is -0.147. The molecule has 1 rings (SSSR count). The minimum atomic E-state index is -1.66. The fourth-order valence-electron chi connectivity index (χ4n) is 1.14. The van der Waals surface area contributed by atoms with E-state index in [-0.39, 0.29) is 11.3 Å². The van der Waals surface area contributed by atoms with Crippen molar-refractivity contribution in [3.8, 4) is 5.75 Å². The number of hydrogen-bond donors (Lipinski definition) is 3. The van der Waals surface area contributed by atoms with E-state index in [1.165, 1.54) is 25.3 Å². The number of carboxylic acid groups (broad SMARTS) is 1. The molecule has 0 aliphatic rings. The Morgan fingerprint density at radius 2 is 2.00 bits per heavy atom. The number of carbonyl (C=O) groups is 3. The molecule has 90 valence electrons. The van der Waals surface area contributed by atoms with Crippen molar-refractivity contribution in [1.29, 1.82) is 0 Å². The maximum atomic E-state index is 11.1. The fourth-order valence-corrected chi connectivity index (χ4v) is 1.14. The lowest BCUT2D eigenvalue weighted by Crippen LogP contribution is -2.24. The largest absolute Gasteiger partial charge is 0.497 e. The van der Waals surface area contributed by atoms with E-state index in [0.717, 1.165) is 0 Å². The predicted octanol–water partition coefficient (Wildman–Crippen LogP) is -0.183. The predicted molar refractivity (Wildman–Crippen MR) is 57.8 cm³/mol. The van der Waals surface area contributed by atoms with E-state index >= 15 is 0 Å². The van der Waals surface area contributed by atoms with Crippen LogP contribution < -0.4 is 15.8 Å². The van der Waals surface area contributed by atoms with Crippen LogP contribution in [0.3, 0.4) is 0 Å². The number of hydrogen-bond acceptors (Lipinski definition) is 4. The highest BCUT2D eigenvalue weighted by Crippen LogP contribution is 2.21. The van der Waals surface area contributed by atoms with Crippen LogP contribution in [0.2, 0.25) is 0 Å². The van der Waals surface area contributed by atoms with Gasteiger partial charge in [-0.2, -0.15) is 0 Å². The van der Waals surface area contributed by atoms with Crippen molar-refractivity contribution >= 4 is 23.5 Å². The molecule has 0 heterocycles. The summed E-state index contributed by atoms with van der Waals surface area (Å²) in [6.07, 6.45) is 0. The van der Waals surface area contributed by atoms with E-state index in [2.05, 4.69) is 0 Å². The Kier molecular flexibility index (Phi) is 3.66. The lowest BCUT2D eigenvalue weighted by Gasteiger charge is -2.08. The molecule has 2 amide bonds. The number of anilines is 1. The molecule has 1 aromatic carbocycles. The Labute approximate surface area is 96.2 Å². The number of primary amides is 1. The molecule has 0 aliphatic carbocycles. The molecular weight excluding hydrogens is 228 g/mol. The van der Waals surface area contributed by atoms with Crippen molar-refractivity contribution < 1.29 is 24.2 Å². The highest BCUT2D eigenvalue weighted by Gasteiger charge is 2.16. The first kappa shape index (κ1) is 12.5. The Morgan fingerprint density at radius 1 is 1.35 bits per heavy atom. The normalized spacial score (nSPS) is 9.47. The van der Waals surface area contributed by atoms with Gasteiger partial charge in [0.25, 0.3) is 5.91 Å². The second-order valence-electron chi connectivity index (χ2n) is 3.04. The van der Waals surface area contributed by atoms with Crippen LogP contribution in [0.5, 0.6) is 5.75 Å². The van der Waals surface area contributed by atoms with Crippen LogP contribution in [0.25, 0.3) is 0 Å². The molecule has 0 aliphatic heterocycles. The molecule has 0 saturated heterocycles. The molecule has 0 bridgehead atoms. The topological polar surface area (TPSA) is 119 Å². The SMILES string of the molecule is COc1ccc(NC(=O)C(=O)O)c(C(N)=O)c1. The van der Waals surface area contributed by atoms with Gasteiger partial charge >= 0.3 is 11.9 Å². The second-order valence-corrected chi connectivity index (χ2v) is 3.04. The van der Waals surface area contributed by atoms with Crippen LogP contribution in [0.15, 0.2) is 18.2 Å². The van der Waals surface area contributed by atoms with Gasteiger partial charge in [-0.3, -0.25) is 9.59 Å². The van der Waals surface area contributed by atoms with E-state index in [1.807, 2.05) is 5.32 Å². The van der Waals surface area contributed by atoms with E-state index in [9.17, 15) is 14.4 Å². The Morgan fingerprint density at radius 3 is 2.47 bits per heavy atom. The summed E-state index contributed by atoms with van der Waals surface area (Å²) in [5, 5.41) is 10.5. The average molecular weight is 238 g/mol. The standard InChI is InChI=1S/C10H10N2O5/c1-17-5-2-3-7(6(4-5)8(11)13)12-9(14)10(15)16/h2-4H,1H3,(H2,11,13)(H,12,14)(H,15,16). The third-order valence-corrected chi connectivity index (χ3v) is 1.93. The van der Waals surface area contributed by atoms with Crippen LogP contribution >= 0.6 is 0 Å². The number of nitrogens with one attached hydrogen (secondary N) is 1. The van der Waals surface area contributed by atoms with Gasteiger partial charge in [0, 0.05) is 0 Å². The zero-order valence-corrected chi connectivity index (χ0v) is 8.89. The van der Waals surface area contributed by atoms with Crippen molar-refractivity contribution in [1.82, 2.24) is 0 Å². The van der Waals surface area contributed by atoms with Gasteiger partial charge in [0.1, 0.15) is 5.75 Å². The first-order valence-electron chi connectivity index (χ1n) is 4.48. The molecule has 0 saturated carbocycles. The van der Waals surface area contributed by atoms with Gasteiger partial charge in [-0.15, -0.1) is 0 Å². The first-order valence-corrected chi connectivity index (χ1v) is 4.48. The van der Waals surface area contributed by atoms with Gasteiger partial charge in [-0.05, 0) is 18.2 Å². The minimum Gasteiger partial charge on any atom is -0.497 e. The molecule has 7 nitrogen and oxygen atoms in total. The summed E-state index contributed by atoms with van der Waals surface area (Å²) < 4.78 is 4.88. The second kappa shape index (κ2) is 4.97. The van der Waals surface area contributed by atoms with Crippen LogP contribution in [-0.4, -0.2) is 30.0 Å². The molecule has 0 atom stereocenters. The van der Waals surface area contributed by atoms with Crippen molar-refractivity contribution in [2.75, 3.05) is 12.4 Å². The van der Waals surface area contributed by atoms with Crippen LogP contribution in [0, 0.1) is 0 Å². The maximum Gasteiger partial charge on any atom is 0.394 e. The van der Waals surface area contributed by atoms with Gasteiger partial charge < -0.3 is 20.9 Å². The van der Waals surface area contributed by atoms with E-state index < -0.39 is 17.8 Å². The zero-order chi connectivity index (χ0) is 13.0. The van der Waals surface area contributed by atoms with E-state index in [0.29, 0.717) is 5.75 Å². The van der Waals surface area contributed by atoms with Gasteiger partial charge in [0.15, 0.2) is 0 Å². The fraction of sp³-hybridized carbons (Fsp3) is 0.100. The third kappa shape index (κ3) is 2.94. The highest BCUT2D eigenvalue weighted by atomic mass is 16.5. The number of aliphatic carboxylic acids is 1. The van der Waals surface area contributed by atoms with Crippen molar-refractivity contribution in [2.45, 2.75) is 0 Å². The molecule has 1 aromatic rings. The molecule has 7 heteroatoms. The monoisotopic (exact) mass is 238 g/mol. The number of carbonyl (C=O) groups excluding carboxylic acids is 2. The summed E-state index contributed by atoms with van der Waals surface area (Å²) in [6.45, 7) is 0. The number of rotatable bonds is 3. The van der Waals surface area contributed by atoms with Crippen LogP contribution in [-0.2, 0) is 9.59 Å². The Balaban J connectivity index is 3.11. The van der Waals surface area contributed by atoms with Gasteiger partial charge in [-0.25, -0.2) is 4.79 Å². The average Bonchev–Trinajstić information content (AvgIpc) is 2.29. The van der Waals surface area contributed by atoms with Crippen molar-refractivity contribution in [2.24, 2.45) is 5.73 Å². The minimum absolute atomic E-state index is 0.0192.